The summed E-state index contributed by atoms with van der Waals surface area (Å²) in [7, 11) is 3.54. The third-order valence-electron chi connectivity index (χ3n) is 1.94. The quantitative estimate of drug-likeness (QED) is 0.774. The molecule has 0 spiro atoms. The third-order valence-corrected chi connectivity index (χ3v) is 1.94. The van der Waals surface area contributed by atoms with Crippen LogP contribution in [0.4, 0.5) is 5.69 Å². The van der Waals surface area contributed by atoms with Crippen LogP contribution in [0.15, 0.2) is 12.3 Å². The molecule has 1 heterocycles. The van der Waals surface area contributed by atoms with Gasteiger partial charge in [-0.25, -0.2) is 0 Å². The fourth-order valence-electron chi connectivity index (χ4n) is 1.19. The molecule has 3 heteroatoms. The van der Waals surface area contributed by atoms with Gasteiger partial charge in [-0.15, -0.1) is 0 Å². The lowest BCUT2D eigenvalue weighted by Crippen LogP contribution is -1.99. The van der Waals surface area contributed by atoms with Gasteiger partial charge < -0.3 is 10.1 Å². The maximum absolute atomic E-state index is 5.25. The number of nitrogens with one attached hydrogen (secondary N) is 1. The van der Waals surface area contributed by atoms with E-state index in [1.54, 1.807) is 7.11 Å². The van der Waals surface area contributed by atoms with Gasteiger partial charge in [-0.05, 0) is 5.92 Å². The Bertz CT molecular complexity index is 284. The van der Waals surface area contributed by atoms with Gasteiger partial charge >= 0.3 is 0 Å². The summed E-state index contributed by atoms with van der Waals surface area (Å²) in [6.45, 7) is 4.20. The Morgan fingerprint density at radius 2 is 2.15 bits per heavy atom. The van der Waals surface area contributed by atoms with Crippen LogP contribution in [0.1, 0.15) is 25.5 Å². The second-order valence-corrected chi connectivity index (χ2v) is 3.22. The van der Waals surface area contributed by atoms with E-state index in [1.165, 1.54) is 0 Å². The van der Waals surface area contributed by atoms with Gasteiger partial charge in [-0.3, -0.25) is 4.98 Å². The number of anilines is 1. The van der Waals surface area contributed by atoms with Gasteiger partial charge in [0.2, 0.25) is 0 Å². The van der Waals surface area contributed by atoms with Crippen LogP contribution in [0.2, 0.25) is 0 Å². The fraction of sp³-hybridized carbons (Fsp3) is 0.500. The summed E-state index contributed by atoms with van der Waals surface area (Å²) in [6, 6.07) is 1.96. The average Bonchev–Trinajstić information content (AvgIpc) is 2.16. The maximum Gasteiger partial charge on any atom is 0.142 e. The van der Waals surface area contributed by atoms with Crippen molar-refractivity contribution in [1.82, 2.24) is 4.98 Å². The molecule has 0 aliphatic heterocycles. The lowest BCUT2D eigenvalue weighted by atomic mass is 10.1. The first kappa shape index (κ1) is 9.84. The average molecular weight is 180 g/mol. The molecule has 1 N–H and O–H groups in total. The molecule has 0 unspecified atom stereocenters. The number of hydrogen-bond donors (Lipinski definition) is 1. The normalized spacial score (nSPS) is 10.2. The smallest absolute Gasteiger partial charge is 0.142 e. The number of pyridine rings is 1. The first-order valence-corrected chi connectivity index (χ1v) is 4.40. The van der Waals surface area contributed by atoms with Gasteiger partial charge in [0, 0.05) is 13.1 Å². The Labute approximate surface area is 79.1 Å². The van der Waals surface area contributed by atoms with Crippen LogP contribution >= 0.6 is 0 Å². The van der Waals surface area contributed by atoms with E-state index in [4.69, 9.17) is 4.74 Å². The van der Waals surface area contributed by atoms with E-state index in [-0.39, 0.29) is 0 Å². The van der Waals surface area contributed by atoms with Crippen molar-refractivity contribution in [1.29, 1.82) is 0 Å². The molecule has 0 bridgehead atoms. The zero-order chi connectivity index (χ0) is 9.84. The van der Waals surface area contributed by atoms with Crippen LogP contribution in [0.5, 0.6) is 5.75 Å². The minimum Gasteiger partial charge on any atom is -0.495 e. The molecular formula is C10H16N2O. The van der Waals surface area contributed by atoms with Gasteiger partial charge in [0.15, 0.2) is 0 Å². The van der Waals surface area contributed by atoms with Crippen molar-refractivity contribution in [3.63, 3.8) is 0 Å². The molecule has 13 heavy (non-hydrogen) atoms. The lowest BCUT2D eigenvalue weighted by molar-refractivity contribution is 0.404. The molecule has 0 aliphatic rings. The summed E-state index contributed by atoms with van der Waals surface area (Å²) in [5, 5.41) is 3.03. The van der Waals surface area contributed by atoms with Crippen molar-refractivity contribution in [3.05, 3.63) is 18.0 Å². The number of rotatable bonds is 3. The molecule has 0 amide bonds. The minimum atomic E-state index is 0.390. The maximum atomic E-state index is 5.25. The molecule has 0 atom stereocenters. The zero-order valence-electron chi connectivity index (χ0n) is 8.59. The predicted octanol–water partition coefficient (Wildman–Crippen LogP) is 2.26. The molecule has 0 aromatic carbocycles. The van der Waals surface area contributed by atoms with E-state index < -0.39 is 0 Å². The fourth-order valence-corrected chi connectivity index (χ4v) is 1.19. The first-order chi connectivity index (χ1) is 6.19. The molecule has 72 valence electrons. The molecular weight excluding hydrogens is 164 g/mol. The Balaban J connectivity index is 3.08. The molecule has 3 nitrogen and oxygen atoms in total. The standard InChI is InChI=1S/C10H16N2O/c1-7(2)10-9(13-4)5-8(11-3)6-12-10/h5-7,11H,1-4H3. The largest absolute Gasteiger partial charge is 0.495 e. The third kappa shape index (κ3) is 2.11. The van der Waals surface area contributed by atoms with Crippen LogP contribution < -0.4 is 10.1 Å². The van der Waals surface area contributed by atoms with E-state index in [1.807, 2.05) is 19.3 Å². The predicted molar refractivity (Wildman–Crippen MR) is 54.4 cm³/mol. The lowest BCUT2D eigenvalue weighted by Gasteiger charge is -2.11. The van der Waals surface area contributed by atoms with Gasteiger partial charge in [-0.2, -0.15) is 0 Å². The molecule has 1 aromatic heterocycles. The summed E-state index contributed by atoms with van der Waals surface area (Å²) >= 11 is 0. The minimum absolute atomic E-state index is 0.390. The second kappa shape index (κ2) is 4.12. The summed E-state index contributed by atoms with van der Waals surface area (Å²) < 4.78 is 5.25. The highest BCUT2D eigenvalue weighted by Gasteiger charge is 2.08. The van der Waals surface area contributed by atoms with E-state index in [9.17, 15) is 0 Å². The van der Waals surface area contributed by atoms with Crippen LogP contribution in [0, 0.1) is 0 Å². The summed E-state index contributed by atoms with van der Waals surface area (Å²) in [6.07, 6.45) is 1.82. The molecule has 0 aliphatic carbocycles. The number of aromatic nitrogens is 1. The molecule has 0 saturated heterocycles. The van der Waals surface area contributed by atoms with Gasteiger partial charge in [0.25, 0.3) is 0 Å². The molecule has 1 rings (SSSR count). The van der Waals surface area contributed by atoms with E-state index in [0.717, 1.165) is 17.1 Å². The summed E-state index contributed by atoms with van der Waals surface area (Å²) in [4.78, 5) is 4.33. The second-order valence-electron chi connectivity index (χ2n) is 3.22. The van der Waals surface area contributed by atoms with Crippen molar-refractivity contribution in [2.75, 3.05) is 19.5 Å². The highest BCUT2D eigenvalue weighted by molar-refractivity contribution is 5.48. The van der Waals surface area contributed by atoms with Crippen molar-refractivity contribution in [2.24, 2.45) is 0 Å². The van der Waals surface area contributed by atoms with Crippen molar-refractivity contribution >= 4 is 5.69 Å². The van der Waals surface area contributed by atoms with E-state index in [2.05, 4.69) is 24.1 Å². The molecule has 0 radical (unpaired) electrons. The van der Waals surface area contributed by atoms with Crippen LogP contribution in [0.25, 0.3) is 0 Å². The van der Waals surface area contributed by atoms with Crippen molar-refractivity contribution in [3.8, 4) is 5.75 Å². The van der Waals surface area contributed by atoms with Crippen molar-refractivity contribution in [2.45, 2.75) is 19.8 Å². The summed E-state index contributed by atoms with van der Waals surface area (Å²) in [5.74, 6) is 1.24. The number of hydrogen-bond acceptors (Lipinski definition) is 3. The number of ether oxygens (including phenoxy) is 1. The number of nitrogens with zero attached hydrogens (tertiary/aromatic N) is 1. The topological polar surface area (TPSA) is 34.2 Å². The monoisotopic (exact) mass is 180 g/mol. The molecule has 1 aromatic rings. The Morgan fingerprint density at radius 1 is 1.46 bits per heavy atom. The Hall–Kier alpha value is -1.25. The van der Waals surface area contributed by atoms with Crippen LogP contribution in [-0.2, 0) is 0 Å². The van der Waals surface area contributed by atoms with E-state index >= 15 is 0 Å². The van der Waals surface area contributed by atoms with Gasteiger partial charge in [-0.1, -0.05) is 13.8 Å². The van der Waals surface area contributed by atoms with Gasteiger partial charge in [0.05, 0.1) is 24.7 Å². The Morgan fingerprint density at radius 3 is 2.62 bits per heavy atom. The summed E-state index contributed by atoms with van der Waals surface area (Å²) in [5.41, 5.74) is 1.97. The first-order valence-electron chi connectivity index (χ1n) is 4.40. The van der Waals surface area contributed by atoms with E-state index in [0.29, 0.717) is 5.92 Å². The molecule has 0 saturated carbocycles. The zero-order valence-corrected chi connectivity index (χ0v) is 8.59. The Kier molecular flexibility index (Phi) is 3.12. The highest BCUT2D eigenvalue weighted by atomic mass is 16.5. The molecule has 0 fully saturated rings. The van der Waals surface area contributed by atoms with Gasteiger partial charge in [0.1, 0.15) is 5.75 Å². The SMILES string of the molecule is CNc1cnc(C(C)C)c(OC)c1. The highest BCUT2D eigenvalue weighted by Crippen LogP contribution is 2.26. The van der Waals surface area contributed by atoms with Crippen LogP contribution in [-0.4, -0.2) is 19.1 Å². The van der Waals surface area contributed by atoms with Crippen molar-refractivity contribution < 1.29 is 4.74 Å². The number of methoxy groups -OCH3 is 1. The van der Waals surface area contributed by atoms with Crippen LogP contribution in [0.3, 0.4) is 0 Å².